The van der Waals surface area contributed by atoms with Crippen molar-refractivity contribution in [2.24, 2.45) is 5.73 Å². The molecule has 0 bridgehead atoms. The molecule has 1 amide bonds. The van der Waals surface area contributed by atoms with Gasteiger partial charge in [0.25, 0.3) is 0 Å². The molecule has 0 saturated carbocycles. The first-order valence-corrected chi connectivity index (χ1v) is 7.48. The summed E-state index contributed by atoms with van der Waals surface area (Å²) in [7, 11) is 0. The number of carbonyl (C=O) groups excluding carboxylic acids is 1. The Morgan fingerprint density at radius 3 is 3.00 bits per heavy atom. The van der Waals surface area contributed by atoms with Gasteiger partial charge < -0.3 is 20.7 Å². The second kappa shape index (κ2) is 6.87. The molecule has 1 heterocycles. The van der Waals surface area contributed by atoms with E-state index in [0.717, 1.165) is 16.8 Å². The van der Waals surface area contributed by atoms with Crippen LogP contribution in [0.4, 0.5) is 5.69 Å². The number of amides is 1. The Balaban J connectivity index is 2.37. The van der Waals surface area contributed by atoms with Gasteiger partial charge in [0.15, 0.2) is 0 Å². The van der Waals surface area contributed by atoms with Crippen LogP contribution in [0.5, 0.6) is 0 Å². The van der Waals surface area contributed by atoms with Gasteiger partial charge >= 0.3 is 0 Å². The summed E-state index contributed by atoms with van der Waals surface area (Å²) in [6.45, 7) is 6.08. The third kappa shape index (κ3) is 3.51. The fourth-order valence-electron chi connectivity index (χ4n) is 2.50. The van der Waals surface area contributed by atoms with Crippen LogP contribution in [0.2, 0.25) is 0 Å². The third-order valence-corrected chi connectivity index (χ3v) is 3.73. The topological polar surface area (TPSA) is 67.6 Å². The average Bonchev–Trinajstić information content (AvgIpc) is 2.47. The normalized spacial score (nSPS) is 18.4. The molecule has 1 aromatic carbocycles. The van der Waals surface area contributed by atoms with Crippen molar-refractivity contribution in [1.29, 1.82) is 0 Å². The number of nitrogens with zero attached hydrogens (tertiary/aromatic N) is 1. The molecular formula is C15H21N3O2S. The van der Waals surface area contributed by atoms with Crippen LogP contribution in [0, 0.1) is 6.92 Å². The number of morpholine rings is 1. The Hall–Kier alpha value is -1.66. The predicted molar refractivity (Wildman–Crippen MR) is 87.7 cm³/mol. The van der Waals surface area contributed by atoms with Gasteiger partial charge in [-0.05, 0) is 26.0 Å². The van der Waals surface area contributed by atoms with Crippen LogP contribution >= 0.6 is 12.2 Å². The van der Waals surface area contributed by atoms with Crippen LogP contribution in [0.15, 0.2) is 18.2 Å². The number of aryl methyl sites for hydroxylation is 1. The zero-order valence-corrected chi connectivity index (χ0v) is 13.2. The second-order valence-corrected chi connectivity index (χ2v) is 5.50. The molecule has 5 nitrogen and oxygen atoms in total. The second-order valence-electron chi connectivity index (χ2n) is 5.06. The largest absolute Gasteiger partial charge is 0.389 e. The van der Waals surface area contributed by atoms with E-state index in [0.29, 0.717) is 31.3 Å². The fourth-order valence-corrected chi connectivity index (χ4v) is 2.66. The lowest BCUT2D eigenvalue weighted by molar-refractivity contribution is -0.124. The number of benzene rings is 1. The van der Waals surface area contributed by atoms with Crippen molar-refractivity contribution >= 4 is 28.8 Å². The summed E-state index contributed by atoms with van der Waals surface area (Å²) in [5.74, 6) is -0.0355. The lowest BCUT2D eigenvalue weighted by Crippen LogP contribution is -2.54. The summed E-state index contributed by atoms with van der Waals surface area (Å²) in [5, 5.41) is 2.85. The van der Waals surface area contributed by atoms with Gasteiger partial charge in [-0.1, -0.05) is 23.8 Å². The van der Waals surface area contributed by atoms with Crippen molar-refractivity contribution in [3.8, 4) is 0 Å². The summed E-state index contributed by atoms with van der Waals surface area (Å²) >= 11 is 5.15. The summed E-state index contributed by atoms with van der Waals surface area (Å²) in [5.41, 5.74) is 8.63. The van der Waals surface area contributed by atoms with E-state index < -0.39 is 0 Å². The first-order valence-electron chi connectivity index (χ1n) is 7.07. The number of hydrogen-bond donors (Lipinski definition) is 2. The van der Waals surface area contributed by atoms with Crippen LogP contribution in [0.3, 0.4) is 0 Å². The number of ether oxygens (including phenoxy) is 1. The van der Waals surface area contributed by atoms with Crippen molar-refractivity contribution in [2.75, 3.05) is 31.2 Å². The molecule has 114 valence electrons. The van der Waals surface area contributed by atoms with E-state index in [-0.39, 0.29) is 11.9 Å². The number of nitrogens with two attached hydrogens (primary N) is 1. The van der Waals surface area contributed by atoms with Gasteiger partial charge in [0, 0.05) is 24.3 Å². The van der Waals surface area contributed by atoms with Crippen molar-refractivity contribution < 1.29 is 9.53 Å². The molecule has 1 aromatic rings. The van der Waals surface area contributed by atoms with E-state index >= 15 is 0 Å². The molecule has 1 fully saturated rings. The third-order valence-electron chi connectivity index (χ3n) is 3.51. The standard InChI is InChI=1S/C15H21N3O2S/c1-3-17-15(19)13-9-20-7-6-18(13)12-5-4-10(2)8-11(12)14(16)21/h4-5,8,13H,3,6-7,9H2,1-2H3,(H2,16,21)(H,17,19). The number of thiocarbonyl (C=S) groups is 1. The highest BCUT2D eigenvalue weighted by Gasteiger charge is 2.30. The lowest BCUT2D eigenvalue weighted by atomic mass is 10.1. The van der Waals surface area contributed by atoms with E-state index in [4.69, 9.17) is 22.7 Å². The fraction of sp³-hybridized carbons (Fsp3) is 0.467. The molecule has 0 spiro atoms. The Bertz CT molecular complexity index is 548. The predicted octanol–water partition coefficient (Wildman–Crippen LogP) is 0.971. The number of carbonyl (C=O) groups is 1. The zero-order chi connectivity index (χ0) is 15.4. The summed E-state index contributed by atoms with van der Waals surface area (Å²) < 4.78 is 5.46. The Kier molecular flexibility index (Phi) is 5.14. The number of anilines is 1. The highest BCUT2D eigenvalue weighted by Crippen LogP contribution is 2.25. The minimum Gasteiger partial charge on any atom is -0.389 e. The maximum Gasteiger partial charge on any atom is 0.245 e. The molecule has 2 rings (SSSR count). The van der Waals surface area contributed by atoms with Gasteiger partial charge in [0.2, 0.25) is 5.91 Å². The Morgan fingerprint density at radius 1 is 1.57 bits per heavy atom. The molecule has 3 N–H and O–H groups in total. The van der Waals surface area contributed by atoms with E-state index in [9.17, 15) is 4.79 Å². The smallest absolute Gasteiger partial charge is 0.245 e. The molecule has 0 aliphatic carbocycles. The van der Waals surface area contributed by atoms with Gasteiger partial charge in [-0.3, -0.25) is 4.79 Å². The Labute approximate surface area is 130 Å². The quantitative estimate of drug-likeness (QED) is 0.811. The molecule has 6 heteroatoms. The number of likely N-dealkylation sites (N-methyl/N-ethyl adjacent to an activating group) is 1. The minimum atomic E-state index is -0.352. The molecule has 1 aliphatic heterocycles. The molecule has 1 unspecified atom stereocenters. The monoisotopic (exact) mass is 307 g/mol. The van der Waals surface area contributed by atoms with Crippen LogP contribution in [-0.4, -0.2) is 43.2 Å². The van der Waals surface area contributed by atoms with Crippen LogP contribution in [0.1, 0.15) is 18.1 Å². The molecule has 1 saturated heterocycles. The van der Waals surface area contributed by atoms with E-state index in [1.165, 1.54) is 0 Å². The number of nitrogens with one attached hydrogen (secondary N) is 1. The number of rotatable bonds is 4. The summed E-state index contributed by atoms with van der Waals surface area (Å²) in [4.78, 5) is 14.6. The summed E-state index contributed by atoms with van der Waals surface area (Å²) in [6.07, 6.45) is 0. The average molecular weight is 307 g/mol. The summed E-state index contributed by atoms with van der Waals surface area (Å²) in [6, 6.07) is 5.58. The Morgan fingerprint density at radius 2 is 2.33 bits per heavy atom. The lowest BCUT2D eigenvalue weighted by Gasteiger charge is -2.37. The highest BCUT2D eigenvalue weighted by molar-refractivity contribution is 7.80. The highest BCUT2D eigenvalue weighted by atomic mass is 32.1. The molecule has 21 heavy (non-hydrogen) atoms. The van der Waals surface area contributed by atoms with Gasteiger partial charge in [-0.25, -0.2) is 0 Å². The van der Waals surface area contributed by atoms with Gasteiger partial charge in [0.05, 0.1) is 13.2 Å². The molecule has 0 radical (unpaired) electrons. The number of hydrogen-bond acceptors (Lipinski definition) is 4. The maximum absolute atomic E-state index is 12.2. The van der Waals surface area contributed by atoms with Crippen molar-refractivity contribution in [2.45, 2.75) is 19.9 Å². The van der Waals surface area contributed by atoms with Gasteiger partial charge in [-0.2, -0.15) is 0 Å². The van der Waals surface area contributed by atoms with E-state index in [1.807, 2.05) is 36.9 Å². The van der Waals surface area contributed by atoms with E-state index in [1.54, 1.807) is 0 Å². The minimum absolute atomic E-state index is 0.0355. The molecule has 1 atom stereocenters. The molecule has 1 aliphatic rings. The van der Waals surface area contributed by atoms with Gasteiger partial charge in [0.1, 0.15) is 11.0 Å². The molecule has 0 aromatic heterocycles. The zero-order valence-electron chi connectivity index (χ0n) is 12.4. The van der Waals surface area contributed by atoms with Crippen molar-refractivity contribution in [3.63, 3.8) is 0 Å². The SMILES string of the molecule is CCNC(=O)C1COCCN1c1ccc(C)cc1C(N)=S. The maximum atomic E-state index is 12.2. The van der Waals surface area contributed by atoms with Crippen LogP contribution in [-0.2, 0) is 9.53 Å². The van der Waals surface area contributed by atoms with Crippen molar-refractivity contribution in [3.05, 3.63) is 29.3 Å². The van der Waals surface area contributed by atoms with Crippen molar-refractivity contribution in [1.82, 2.24) is 5.32 Å². The van der Waals surface area contributed by atoms with E-state index in [2.05, 4.69) is 5.32 Å². The first-order chi connectivity index (χ1) is 10.0. The molecular weight excluding hydrogens is 286 g/mol. The van der Waals surface area contributed by atoms with Crippen LogP contribution < -0.4 is 16.0 Å². The van der Waals surface area contributed by atoms with Gasteiger partial charge in [-0.15, -0.1) is 0 Å². The first kappa shape index (κ1) is 15.7. The van der Waals surface area contributed by atoms with Crippen LogP contribution in [0.25, 0.3) is 0 Å².